The highest BCUT2D eigenvalue weighted by molar-refractivity contribution is 5.91. The lowest BCUT2D eigenvalue weighted by Crippen LogP contribution is -2.28. The van der Waals surface area contributed by atoms with Crippen LogP contribution in [0.5, 0.6) is 0 Å². The summed E-state index contributed by atoms with van der Waals surface area (Å²) < 4.78 is 0. The lowest BCUT2D eigenvalue weighted by molar-refractivity contribution is 0.169. The fraction of sp³-hybridized carbons (Fsp3) is 0.300. The highest BCUT2D eigenvalue weighted by Crippen LogP contribution is 2.27. The number of aromatic nitrogens is 3. The quantitative estimate of drug-likeness (QED) is 0.642. The summed E-state index contributed by atoms with van der Waals surface area (Å²) in [6.07, 6.45) is 5.31. The van der Waals surface area contributed by atoms with Gasteiger partial charge in [-0.3, -0.25) is 15.3 Å². The van der Waals surface area contributed by atoms with E-state index in [1.54, 1.807) is 24.7 Å². The third kappa shape index (κ3) is 4.20. The van der Waals surface area contributed by atoms with E-state index >= 15 is 0 Å². The number of pyridine rings is 3. The minimum absolute atomic E-state index is 0.294. The standard InChI is InChI=1S/C20H23N5O2/c1-4-18(26)17-6-12(3)15(11-23-17)13-7-14-10-24-19(8-16(14)22-9-13)25-20(27)21-5-2/h6-11,18,26H,4-5H2,1-3H3,(H2,21,24,25,27)/t18-/m1/s1. The highest BCUT2D eigenvalue weighted by Gasteiger charge is 2.11. The smallest absolute Gasteiger partial charge is 0.320 e. The molecule has 0 aliphatic heterocycles. The number of fused-ring (bicyclic) bond motifs is 1. The maximum Gasteiger partial charge on any atom is 0.320 e. The van der Waals surface area contributed by atoms with Crippen molar-refractivity contribution in [2.24, 2.45) is 0 Å². The highest BCUT2D eigenvalue weighted by atomic mass is 16.3. The van der Waals surface area contributed by atoms with Crippen molar-refractivity contribution in [2.45, 2.75) is 33.3 Å². The van der Waals surface area contributed by atoms with Gasteiger partial charge < -0.3 is 10.4 Å². The number of hydrogen-bond donors (Lipinski definition) is 3. The van der Waals surface area contributed by atoms with Crippen molar-refractivity contribution in [2.75, 3.05) is 11.9 Å². The first-order valence-corrected chi connectivity index (χ1v) is 8.97. The molecule has 3 aromatic heterocycles. The van der Waals surface area contributed by atoms with Crippen LogP contribution < -0.4 is 10.6 Å². The van der Waals surface area contributed by atoms with Crippen LogP contribution in [0.4, 0.5) is 10.6 Å². The van der Waals surface area contributed by atoms with Crippen LogP contribution in [0.2, 0.25) is 0 Å². The van der Waals surface area contributed by atoms with Gasteiger partial charge in [0.15, 0.2) is 0 Å². The fourth-order valence-electron chi connectivity index (χ4n) is 2.83. The molecule has 3 N–H and O–H groups in total. The number of hydrogen-bond acceptors (Lipinski definition) is 5. The Labute approximate surface area is 157 Å². The molecule has 27 heavy (non-hydrogen) atoms. The Balaban J connectivity index is 1.90. The first kappa shape index (κ1) is 18.7. The second-order valence-corrected chi connectivity index (χ2v) is 6.32. The molecule has 0 unspecified atom stereocenters. The molecule has 0 aliphatic rings. The van der Waals surface area contributed by atoms with Crippen LogP contribution in [0.3, 0.4) is 0 Å². The van der Waals surface area contributed by atoms with E-state index in [2.05, 4.69) is 25.6 Å². The van der Waals surface area contributed by atoms with Crippen LogP contribution in [-0.2, 0) is 0 Å². The zero-order valence-corrected chi connectivity index (χ0v) is 15.7. The molecule has 140 valence electrons. The summed E-state index contributed by atoms with van der Waals surface area (Å²) >= 11 is 0. The number of urea groups is 1. The molecule has 0 aliphatic carbocycles. The molecule has 7 heteroatoms. The minimum atomic E-state index is -0.549. The molecule has 2 amide bonds. The van der Waals surface area contributed by atoms with Crippen molar-refractivity contribution in [3.05, 3.63) is 48.0 Å². The topological polar surface area (TPSA) is 100 Å². The number of aliphatic hydroxyl groups is 1. The van der Waals surface area contributed by atoms with Gasteiger partial charge in [0, 0.05) is 47.7 Å². The molecule has 0 radical (unpaired) electrons. The van der Waals surface area contributed by atoms with Gasteiger partial charge in [-0.05, 0) is 38.0 Å². The van der Waals surface area contributed by atoms with E-state index in [1.807, 2.05) is 32.9 Å². The first-order valence-electron chi connectivity index (χ1n) is 8.97. The van der Waals surface area contributed by atoms with Gasteiger partial charge in [0.25, 0.3) is 0 Å². The summed E-state index contributed by atoms with van der Waals surface area (Å²) in [6, 6.07) is 5.34. The Morgan fingerprint density at radius 1 is 1.11 bits per heavy atom. The number of carbonyl (C=O) groups excluding carboxylic acids is 1. The summed E-state index contributed by atoms with van der Waals surface area (Å²) in [5.41, 5.74) is 4.33. The SMILES string of the molecule is CCNC(=O)Nc1cc2ncc(-c3cnc([C@H](O)CC)cc3C)cc2cn1. The lowest BCUT2D eigenvalue weighted by Gasteiger charge is -2.12. The molecule has 0 aromatic carbocycles. The number of rotatable bonds is 5. The van der Waals surface area contributed by atoms with Crippen molar-refractivity contribution in [1.29, 1.82) is 0 Å². The second-order valence-electron chi connectivity index (χ2n) is 6.32. The molecule has 0 spiro atoms. The minimum Gasteiger partial charge on any atom is -0.387 e. The largest absolute Gasteiger partial charge is 0.387 e. The van der Waals surface area contributed by atoms with Crippen LogP contribution >= 0.6 is 0 Å². The Bertz CT molecular complexity index is 974. The zero-order valence-electron chi connectivity index (χ0n) is 15.7. The Morgan fingerprint density at radius 2 is 1.93 bits per heavy atom. The summed E-state index contributed by atoms with van der Waals surface area (Å²) in [6.45, 7) is 6.31. The van der Waals surface area contributed by atoms with E-state index in [-0.39, 0.29) is 6.03 Å². The first-order chi connectivity index (χ1) is 13.0. The molecule has 3 heterocycles. The number of nitrogens with zero attached hydrogens (tertiary/aromatic N) is 3. The van der Waals surface area contributed by atoms with E-state index < -0.39 is 6.10 Å². The van der Waals surface area contributed by atoms with Crippen molar-refractivity contribution in [3.63, 3.8) is 0 Å². The molecule has 0 saturated carbocycles. The molecule has 3 rings (SSSR count). The Morgan fingerprint density at radius 3 is 2.63 bits per heavy atom. The Kier molecular flexibility index (Phi) is 5.61. The lowest BCUT2D eigenvalue weighted by atomic mass is 10.0. The van der Waals surface area contributed by atoms with Crippen LogP contribution in [-0.4, -0.2) is 32.6 Å². The second kappa shape index (κ2) is 8.09. The van der Waals surface area contributed by atoms with Crippen molar-refractivity contribution < 1.29 is 9.90 Å². The van der Waals surface area contributed by atoms with Gasteiger partial charge in [-0.1, -0.05) is 6.92 Å². The fourth-order valence-corrected chi connectivity index (χ4v) is 2.83. The normalized spacial score (nSPS) is 12.0. The molecular formula is C20H23N5O2. The number of aliphatic hydroxyl groups excluding tert-OH is 1. The monoisotopic (exact) mass is 365 g/mol. The van der Waals surface area contributed by atoms with Crippen LogP contribution in [0.1, 0.15) is 37.6 Å². The van der Waals surface area contributed by atoms with Gasteiger partial charge in [-0.2, -0.15) is 0 Å². The van der Waals surface area contributed by atoms with Gasteiger partial charge in [0.2, 0.25) is 0 Å². The van der Waals surface area contributed by atoms with Gasteiger partial charge in [-0.25, -0.2) is 9.78 Å². The summed E-state index contributed by atoms with van der Waals surface area (Å²) in [5, 5.41) is 16.2. The van der Waals surface area contributed by atoms with Crippen LogP contribution in [0, 0.1) is 6.92 Å². The average molecular weight is 365 g/mol. The van der Waals surface area contributed by atoms with Crippen molar-refractivity contribution in [3.8, 4) is 11.1 Å². The molecule has 3 aromatic rings. The van der Waals surface area contributed by atoms with Gasteiger partial charge in [-0.15, -0.1) is 0 Å². The number of amides is 2. The van der Waals surface area contributed by atoms with Gasteiger partial charge in [0.05, 0.1) is 17.3 Å². The third-order valence-electron chi connectivity index (χ3n) is 4.32. The van der Waals surface area contributed by atoms with E-state index in [1.165, 1.54) is 0 Å². The van der Waals surface area contributed by atoms with Gasteiger partial charge >= 0.3 is 6.03 Å². The zero-order chi connectivity index (χ0) is 19.4. The number of aryl methyl sites for hydroxylation is 1. The molecular weight excluding hydrogens is 342 g/mol. The molecule has 0 fully saturated rings. The number of anilines is 1. The number of nitrogens with one attached hydrogen (secondary N) is 2. The predicted octanol–water partition coefficient (Wildman–Crippen LogP) is 3.59. The van der Waals surface area contributed by atoms with Gasteiger partial charge in [0.1, 0.15) is 5.82 Å². The van der Waals surface area contributed by atoms with Crippen molar-refractivity contribution >= 4 is 22.8 Å². The third-order valence-corrected chi connectivity index (χ3v) is 4.32. The maximum absolute atomic E-state index is 11.6. The van der Waals surface area contributed by atoms with Crippen molar-refractivity contribution in [1.82, 2.24) is 20.3 Å². The molecule has 1 atom stereocenters. The van der Waals surface area contributed by atoms with E-state index in [4.69, 9.17) is 0 Å². The predicted molar refractivity (Wildman–Crippen MR) is 105 cm³/mol. The van der Waals surface area contributed by atoms with Crippen LogP contribution in [0.15, 0.2) is 36.8 Å². The maximum atomic E-state index is 11.6. The van der Waals surface area contributed by atoms with E-state index in [0.29, 0.717) is 24.5 Å². The van der Waals surface area contributed by atoms with E-state index in [0.717, 1.165) is 27.6 Å². The summed E-state index contributed by atoms with van der Waals surface area (Å²) in [5.74, 6) is 0.449. The number of carbonyl (C=O) groups is 1. The molecule has 0 bridgehead atoms. The average Bonchev–Trinajstić information content (AvgIpc) is 2.67. The molecule has 7 nitrogen and oxygen atoms in total. The van der Waals surface area contributed by atoms with E-state index in [9.17, 15) is 9.90 Å². The van der Waals surface area contributed by atoms with Crippen LogP contribution in [0.25, 0.3) is 22.0 Å². The summed E-state index contributed by atoms with van der Waals surface area (Å²) in [4.78, 5) is 24.8. The Hall–Kier alpha value is -3.06. The summed E-state index contributed by atoms with van der Waals surface area (Å²) in [7, 11) is 0. The molecule has 0 saturated heterocycles.